The molecular formula is C21H24N4O. The fraction of sp³-hybridized carbons (Fsp3) is 0.333. The molecule has 0 unspecified atom stereocenters. The van der Waals surface area contributed by atoms with Crippen LogP contribution in [0.4, 0.5) is 5.69 Å². The Morgan fingerprint density at radius 1 is 1.27 bits per heavy atom. The maximum Gasteiger partial charge on any atom is 0.219 e. The number of primary amides is 1. The first-order chi connectivity index (χ1) is 12.6. The van der Waals surface area contributed by atoms with E-state index in [2.05, 4.69) is 41.1 Å². The smallest absolute Gasteiger partial charge is 0.219 e. The van der Waals surface area contributed by atoms with E-state index in [0.717, 1.165) is 36.1 Å². The lowest BCUT2D eigenvalue weighted by molar-refractivity contribution is -0.118. The predicted molar refractivity (Wildman–Crippen MR) is 104 cm³/mol. The number of carbonyl (C=O) groups excluding carboxylic acids is 1. The molecule has 3 aromatic rings. The lowest BCUT2D eigenvalue weighted by atomic mass is 9.98. The summed E-state index contributed by atoms with van der Waals surface area (Å²) in [6.45, 7) is 2.77. The number of nitrogens with two attached hydrogens (primary N) is 1. The van der Waals surface area contributed by atoms with Crippen molar-refractivity contribution in [1.29, 1.82) is 0 Å². The second-order valence-corrected chi connectivity index (χ2v) is 7.10. The van der Waals surface area contributed by atoms with Crippen molar-refractivity contribution in [3.05, 3.63) is 59.4 Å². The van der Waals surface area contributed by atoms with Crippen LogP contribution in [0.3, 0.4) is 0 Å². The molecule has 1 atom stereocenters. The van der Waals surface area contributed by atoms with Crippen LogP contribution < -0.4 is 11.1 Å². The fourth-order valence-corrected chi connectivity index (χ4v) is 3.77. The number of nitrogens with zero attached hydrogens (tertiary/aromatic N) is 2. The first-order valence-electron chi connectivity index (χ1n) is 9.21. The predicted octanol–water partition coefficient (Wildman–Crippen LogP) is 3.25. The van der Waals surface area contributed by atoms with E-state index in [-0.39, 0.29) is 5.91 Å². The van der Waals surface area contributed by atoms with Gasteiger partial charge in [-0.1, -0.05) is 30.3 Å². The molecule has 5 heteroatoms. The van der Waals surface area contributed by atoms with Gasteiger partial charge in [0.05, 0.1) is 11.0 Å². The molecule has 4 rings (SSSR count). The highest BCUT2D eigenvalue weighted by Gasteiger charge is 2.21. The molecule has 3 N–H and O–H groups in total. The van der Waals surface area contributed by atoms with Gasteiger partial charge in [0.2, 0.25) is 5.91 Å². The second kappa shape index (κ2) is 6.83. The van der Waals surface area contributed by atoms with Crippen LogP contribution in [-0.4, -0.2) is 21.5 Å². The number of hydrogen-bond donors (Lipinski definition) is 2. The normalized spacial score (nSPS) is 16.3. The summed E-state index contributed by atoms with van der Waals surface area (Å²) in [7, 11) is 0. The van der Waals surface area contributed by atoms with E-state index in [1.165, 1.54) is 16.8 Å². The zero-order chi connectivity index (χ0) is 18.1. The molecule has 1 aliphatic heterocycles. The van der Waals surface area contributed by atoms with Crippen LogP contribution in [0.15, 0.2) is 42.5 Å². The highest BCUT2D eigenvalue weighted by molar-refractivity contribution is 5.86. The number of amides is 1. The van der Waals surface area contributed by atoms with E-state index in [9.17, 15) is 4.79 Å². The standard InChI is InChI=1S/C21H24N4O/c1-14-7-8-16-17(23-14)9-10-18-21(16)24-20(25(18)12-11-19(22)26)13-15-5-3-2-4-6-15/h2-6,9-10,14,23H,7-8,11-13H2,1H3,(H2,22,26)/t14-/m0/s1. The number of nitrogens with one attached hydrogen (secondary N) is 1. The van der Waals surface area contributed by atoms with Gasteiger partial charge in [0.25, 0.3) is 0 Å². The molecule has 0 aliphatic carbocycles. The third kappa shape index (κ3) is 3.17. The molecule has 1 amide bonds. The molecule has 1 aromatic heterocycles. The fourth-order valence-electron chi connectivity index (χ4n) is 3.77. The van der Waals surface area contributed by atoms with Crippen LogP contribution in [0, 0.1) is 0 Å². The van der Waals surface area contributed by atoms with Gasteiger partial charge >= 0.3 is 0 Å². The molecule has 0 radical (unpaired) electrons. The minimum Gasteiger partial charge on any atom is -0.382 e. The van der Waals surface area contributed by atoms with Crippen molar-refractivity contribution in [3.8, 4) is 0 Å². The lowest BCUT2D eigenvalue weighted by Gasteiger charge is -2.24. The van der Waals surface area contributed by atoms with Crippen molar-refractivity contribution in [3.63, 3.8) is 0 Å². The highest BCUT2D eigenvalue weighted by Crippen LogP contribution is 2.32. The van der Waals surface area contributed by atoms with Gasteiger partial charge in [-0.15, -0.1) is 0 Å². The molecule has 0 saturated heterocycles. The van der Waals surface area contributed by atoms with Gasteiger partial charge in [-0.25, -0.2) is 4.98 Å². The first kappa shape index (κ1) is 16.6. The summed E-state index contributed by atoms with van der Waals surface area (Å²) in [5.74, 6) is 0.699. The summed E-state index contributed by atoms with van der Waals surface area (Å²) < 4.78 is 2.16. The van der Waals surface area contributed by atoms with Crippen LogP contribution >= 0.6 is 0 Å². The Hall–Kier alpha value is -2.82. The number of carbonyl (C=O) groups is 1. The Morgan fingerprint density at radius 3 is 2.85 bits per heavy atom. The topological polar surface area (TPSA) is 72.9 Å². The van der Waals surface area contributed by atoms with Crippen LogP contribution in [0.1, 0.15) is 36.7 Å². The number of hydrogen-bond acceptors (Lipinski definition) is 3. The molecule has 2 aromatic carbocycles. The Balaban J connectivity index is 1.80. The number of aryl methyl sites for hydroxylation is 2. The number of imidazole rings is 1. The molecule has 134 valence electrons. The van der Waals surface area contributed by atoms with Gasteiger partial charge in [0, 0.05) is 36.7 Å². The Kier molecular flexibility index (Phi) is 4.37. The Morgan fingerprint density at radius 2 is 2.08 bits per heavy atom. The molecule has 0 spiro atoms. The molecule has 1 aliphatic rings. The van der Waals surface area contributed by atoms with E-state index in [1.807, 2.05) is 18.2 Å². The number of fused-ring (bicyclic) bond motifs is 3. The minimum atomic E-state index is -0.286. The maximum atomic E-state index is 11.3. The summed E-state index contributed by atoms with van der Waals surface area (Å²) in [6.07, 6.45) is 3.19. The van der Waals surface area contributed by atoms with Crippen molar-refractivity contribution < 1.29 is 4.79 Å². The van der Waals surface area contributed by atoms with Gasteiger partial charge in [-0.3, -0.25) is 4.79 Å². The van der Waals surface area contributed by atoms with Crippen molar-refractivity contribution in [2.24, 2.45) is 5.73 Å². The average molecular weight is 348 g/mol. The van der Waals surface area contributed by atoms with E-state index in [0.29, 0.717) is 19.0 Å². The van der Waals surface area contributed by atoms with Crippen LogP contribution in [0.5, 0.6) is 0 Å². The second-order valence-electron chi connectivity index (χ2n) is 7.10. The number of aromatic nitrogens is 2. The van der Waals surface area contributed by atoms with E-state index < -0.39 is 0 Å². The molecule has 5 nitrogen and oxygen atoms in total. The monoisotopic (exact) mass is 348 g/mol. The average Bonchev–Trinajstić information content (AvgIpc) is 2.97. The van der Waals surface area contributed by atoms with Gasteiger partial charge in [0.15, 0.2) is 0 Å². The third-order valence-corrected chi connectivity index (χ3v) is 5.12. The van der Waals surface area contributed by atoms with Gasteiger partial charge < -0.3 is 15.6 Å². The van der Waals surface area contributed by atoms with E-state index >= 15 is 0 Å². The molecular weight excluding hydrogens is 324 g/mol. The summed E-state index contributed by atoms with van der Waals surface area (Å²) in [5.41, 5.74) is 11.2. The number of benzene rings is 2. The lowest BCUT2D eigenvalue weighted by Crippen LogP contribution is -2.22. The van der Waals surface area contributed by atoms with Crippen molar-refractivity contribution in [2.75, 3.05) is 5.32 Å². The van der Waals surface area contributed by atoms with Crippen molar-refractivity contribution in [1.82, 2.24) is 9.55 Å². The van der Waals surface area contributed by atoms with Crippen molar-refractivity contribution in [2.45, 2.75) is 45.2 Å². The van der Waals surface area contributed by atoms with E-state index in [1.54, 1.807) is 0 Å². The third-order valence-electron chi connectivity index (χ3n) is 5.12. The van der Waals surface area contributed by atoms with Gasteiger partial charge in [0.1, 0.15) is 5.82 Å². The van der Waals surface area contributed by atoms with Crippen molar-refractivity contribution >= 4 is 22.6 Å². The van der Waals surface area contributed by atoms with Gasteiger partial charge in [-0.05, 0) is 37.5 Å². The highest BCUT2D eigenvalue weighted by atomic mass is 16.1. The maximum absolute atomic E-state index is 11.3. The molecule has 26 heavy (non-hydrogen) atoms. The SMILES string of the molecule is C[C@H]1CCc2c(ccc3c2nc(Cc2ccccc2)n3CCC(N)=O)N1. The largest absolute Gasteiger partial charge is 0.382 e. The Labute approximate surface area is 153 Å². The first-order valence-corrected chi connectivity index (χ1v) is 9.21. The van der Waals surface area contributed by atoms with Crippen LogP contribution in [0.25, 0.3) is 11.0 Å². The number of anilines is 1. The minimum absolute atomic E-state index is 0.286. The summed E-state index contributed by atoms with van der Waals surface area (Å²) in [4.78, 5) is 16.3. The summed E-state index contributed by atoms with van der Waals surface area (Å²) in [5, 5.41) is 3.56. The number of rotatable bonds is 5. The summed E-state index contributed by atoms with van der Waals surface area (Å²) in [6, 6.07) is 15.1. The zero-order valence-corrected chi connectivity index (χ0v) is 15.0. The molecule has 2 heterocycles. The van der Waals surface area contributed by atoms with Crippen LogP contribution in [0.2, 0.25) is 0 Å². The summed E-state index contributed by atoms with van der Waals surface area (Å²) >= 11 is 0. The Bertz CT molecular complexity index is 946. The molecule has 0 saturated carbocycles. The zero-order valence-electron chi connectivity index (χ0n) is 15.0. The molecule has 0 bridgehead atoms. The van der Waals surface area contributed by atoms with Gasteiger partial charge in [-0.2, -0.15) is 0 Å². The van der Waals surface area contributed by atoms with E-state index in [4.69, 9.17) is 10.7 Å². The molecule has 0 fully saturated rings. The van der Waals surface area contributed by atoms with Crippen LogP contribution in [-0.2, 0) is 24.2 Å². The quantitative estimate of drug-likeness (QED) is 0.743.